The number of rotatable bonds is 10. The number of amides is 3. The van der Waals surface area contributed by atoms with Gasteiger partial charge in [0.2, 0.25) is 0 Å². The molecular weight excluding hydrogens is 584 g/mol. The zero-order valence-corrected chi connectivity index (χ0v) is 27.9. The number of H-pyrrole nitrogens is 1. The van der Waals surface area contributed by atoms with Crippen LogP contribution >= 0.6 is 0 Å². The zero-order valence-electron chi connectivity index (χ0n) is 27.9. The summed E-state index contributed by atoms with van der Waals surface area (Å²) in [6, 6.07) is 11.8. The molecule has 1 atom stereocenters. The molecule has 46 heavy (non-hydrogen) atoms. The second-order valence-electron chi connectivity index (χ2n) is 12.9. The van der Waals surface area contributed by atoms with Crippen molar-refractivity contribution in [3.63, 3.8) is 0 Å². The molecule has 1 aliphatic heterocycles. The summed E-state index contributed by atoms with van der Waals surface area (Å²) in [6.45, 7) is 15.6. The number of carbonyl (C=O) groups excluding carboxylic acids is 4. The first kappa shape index (κ1) is 34.2. The van der Waals surface area contributed by atoms with Gasteiger partial charge in [-0.25, -0.2) is 14.5 Å². The van der Waals surface area contributed by atoms with Gasteiger partial charge in [0.1, 0.15) is 18.4 Å². The lowest BCUT2D eigenvalue weighted by atomic mass is 10.1. The highest BCUT2D eigenvalue weighted by Gasteiger charge is 2.36. The lowest BCUT2D eigenvalue weighted by Gasteiger charge is -2.25. The van der Waals surface area contributed by atoms with Crippen LogP contribution < -0.4 is 20.3 Å². The van der Waals surface area contributed by atoms with Crippen molar-refractivity contribution in [2.75, 3.05) is 11.4 Å². The van der Waals surface area contributed by atoms with E-state index in [-0.39, 0.29) is 31.1 Å². The fourth-order valence-electron chi connectivity index (χ4n) is 5.55. The number of fused-ring (bicyclic) bond motifs is 1. The number of benzene rings is 2. The number of aryl methyl sites for hydroxylation is 4. The SMILES string of the molecule is Cc1cc(C)c(/C=C2\C(=O)N(C(=O)NCCCC(=O)OCc3cc(C)c(OC(=O)C(C)NC(C)(C)C)c(C)c3)c3ccccc32)[nH]1. The van der Waals surface area contributed by atoms with E-state index in [0.717, 1.165) is 38.5 Å². The molecule has 0 spiro atoms. The Hall–Kier alpha value is -4.70. The smallest absolute Gasteiger partial charge is 0.329 e. The van der Waals surface area contributed by atoms with Gasteiger partial charge in [-0.1, -0.05) is 18.2 Å². The fraction of sp³-hybridized carbons (Fsp3) is 0.389. The summed E-state index contributed by atoms with van der Waals surface area (Å²) in [5.74, 6) is -0.697. The quantitative estimate of drug-likeness (QED) is 0.108. The number of hydrogen-bond acceptors (Lipinski definition) is 7. The van der Waals surface area contributed by atoms with E-state index in [9.17, 15) is 19.2 Å². The minimum absolute atomic E-state index is 0.0665. The molecule has 244 valence electrons. The second kappa shape index (κ2) is 14.2. The van der Waals surface area contributed by atoms with E-state index in [4.69, 9.17) is 9.47 Å². The summed E-state index contributed by atoms with van der Waals surface area (Å²) >= 11 is 0. The topological polar surface area (TPSA) is 130 Å². The van der Waals surface area contributed by atoms with E-state index in [0.29, 0.717) is 29.0 Å². The van der Waals surface area contributed by atoms with E-state index in [1.54, 1.807) is 25.1 Å². The Balaban J connectivity index is 1.27. The van der Waals surface area contributed by atoms with Crippen molar-refractivity contribution < 1.29 is 28.7 Å². The van der Waals surface area contributed by atoms with Crippen molar-refractivity contribution in [2.45, 2.75) is 86.4 Å². The molecule has 2 aromatic carbocycles. The summed E-state index contributed by atoms with van der Waals surface area (Å²) < 4.78 is 11.1. The molecule has 10 heteroatoms. The van der Waals surface area contributed by atoms with Gasteiger partial charge in [0.15, 0.2) is 0 Å². The van der Waals surface area contributed by atoms with Gasteiger partial charge in [-0.05, 0) is 114 Å². The number of anilines is 1. The molecule has 3 aromatic rings. The standard InChI is InChI=1S/C36H44N4O6/c1-21-16-24(4)38-29(21)19-28-27-12-9-10-13-30(27)40(33(28)42)35(44)37-15-11-14-31(41)45-20-26-17-22(2)32(23(3)18-26)46-34(43)25(5)39-36(6,7)8/h9-10,12-13,16-19,25,38-39H,11,14-15,20H2,1-8H3,(H,37,44)/b28-19-. The van der Waals surface area contributed by atoms with Crippen molar-refractivity contribution >= 4 is 41.2 Å². The number of nitrogens with one attached hydrogen (secondary N) is 3. The highest BCUT2D eigenvalue weighted by atomic mass is 16.5. The molecule has 0 saturated carbocycles. The van der Waals surface area contributed by atoms with Crippen LogP contribution in [0.2, 0.25) is 0 Å². The van der Waals surface area contributed by atoms with E-state index < -0.39 is 23.9 Å². The number of esters is 2. The van der Waals surface area contributed by atoms with Crippen LogP contribution in [0.1, 0.15) is 79.7 Å². The maximum absolute atomic E-state index is 13.4. The molecule has 0 fully saturated rings. The van der Waals surface area contributed by atoms with Crippen LogP contribution in [0.5, 0.6) is 5.75 Å². The number of imide groups is 1. The number of aromatic nitrogens is 1. The van der Waals surface area contributed by atoms with Gasteiger partial charge in [-0.15, -0.1) is 0 Å². The predicted molar refractivity (Wildman–Crippen MR) is 178 cm³/mol. The zero-order chi connectivity index (χ0) is 33.8. The van der Waals surface area contributed by atoms with Gasteiger partial charge in [-0.2, -0.15) is 0 Å². The van der Waals surface area contributed by atoms with Crippen LogP contribution in [0.25, 0.3) is 11.6 Å². The fourth-order valence-corrected chi connectivity index (χ4v) is 5.55. The number of carbonyl (C=O) groups is 4. The van der Waals surface area contributed by atoms with Crippen LogP contribution in [0, 0.1) is 27.7 Å². The van der Waals surface area contributed by atoms with E-state index >= 15 is 0 Å². The number of hydrogen-bond donors (Lipinski definition) is 3. The molecule has 2 heterocycles. The van der Waals surface area contributed by atoms with Gasteiger partial charge in [0.25, 0.3) is 5.91 Å². The van der Waals surface area contributed by atoms with Crippen molar-refractivity contribution in [3.8, 4) is 5.75 Å². The van der Waals surface area contributed by atoms with Crippen molar-refractivity contribution in [1.82, 2.24) is 15.6 Å². The maximum Gasteiger partial charge on any atom is 0.329 e. The van der Waals surface area contributed by atoms with Crippen LogP contribution in [0.15, 0.2) is 42.5 Å². The summed E-state index contributed by atoms with van der Waals surface area (Å²) in [5, 5.41) is 5.96. The van der Waals surface area contributed by atoms with Crippen molar-refractivity contribution in [3.05, 3.63) is 81.7 Å². The Bertz CT molecular complexity index is 1660. The van der Waals surface area contributed by atoms with Crippen LogP contribution in [-0.2, 0) is 25.7 Å². The lowest BCUT2D eigenvalue weighted by molar-refractivity contribution is -0.145. The van der Waals surface area contributed by atoms with Crippen molar-refractivity contribution in [1.29, 1.82) is 0 Å². The molecular formula is C36H44N4O6. The van der Waals surface area contributed by atoms with E-state index in [1.807, 2.05) is 78.8 Å². The molecule has 4 rings (SSSR count). The maximum atomic E-state index is 13.4. The van der Waals surface area contributed by atoms with Crippen LogP contribution in [-0.4, -0.2) is 47.0 Å². The lowest BCUT2D eigenvalue weighted by Crippen LogP contribution is -2.47. The normalized spacial score (nSPS) is 14.3. The summed E-state index contributed by atoms with van der Waals surface area (Å²) in [7, 11) is 0. The second-order valence-corrected chi connectivity index (χ2v) is 12.9. The van der Waals surface area contributed by atoms with Crippen LogP contribution in [0.4, 0.5) is 10.5 Å². The molecule has 1 aliphatic rings. The van der Waals surface area contributed by atoms with Gasteiger partial charge in [0.05, 0.1) is 11.3 Å². The Kier molecular flexibility index (Phi) is 10.5. The largest absolute Gasteiger partial charge is 0.461 e. The van der Waals surface area contributed by atoms with Gasteiger partial charge in [-0.3, -0.25) is 14.9 Å². The third kappa shape index (κ3) is 8.31. The third-order valence-corrected chi connectivity index (χ3v) is 7.51. The minimum atomic E-state index is -0.552. The number of para-hydroxylation sites is 1. The molecule has 0 radical (unpaired) electrons. The summed E-state index contributed by atoms with van der Waals surface area (Å²) in [6.07, 6.45) is 2.21. The van der Waals surface area contributed by atoms with E-state index in [1.165, 1.54) is 0 Å². The van der Waals surface area contributed by atoms with Crippen LogP contribution in [0.3, 0.4) is 0 Å². The molecule has 1 unspecified atom stereocenters. The molecule has 0 bridgehead atoms. The highest BCUT2D eigenvalue weighted by Crippen LogP contribution is 2.38. The third-order valence-electron chi connectivity index (χ3n) is 7.51. The Morgan fingerprint density at radius 3 is 2.30 bits per heavy atom. The number of urea groups is 1. The molecule has 0 aliphatic carbocycles. The van der Waals surface area contributed by atoms with Gasteiger partial charge in [0, 0.05) is 35.5 Å². The molecule has 1 aromatic heterocycles. The van der Waals surface area contributed by atoms with E-state index in [2.05, 4.69) is 15.6 Å². The Morgan fingerprint density at radius 1 is 1.00 bits per heavy atom. The number of aromatic amines is 1. The Labute approximate surface area is 270 Å². The monoisotopic (exact) mass is 628 g/mol. The van der Waals surface area contributed by atoms with Gasteiger partial charge < -0.3 is 19.8 Å². The average Bonchev–Trinajstić information content (AvgIpc) is 3.44. The number of ether oxygens (including phenoxy) is 2. The predicted octanol–water partition coefficient (Wildman–Crippen LogP) is 6.05. The first-order chi connectivity index (χ1) is 21.6. The first-order valence-corrected chi connectivity index (χ1v) is 15.5. The average molecular weight is 629 g/mol. The molecule has 0 saturated heterocycles. The van der Waals surface area contributed by atoms with Crippen molar-refractivity contribution in [2.24, 2.45) is 0 Å². The minimum Gasteiger partial charge on any atom is -0.461 e. The molecule has 10 nitrogen and oxygen atoms in total. The number of nitrogens with zero attached hydrogens (tertiary/aromatic N) is 1. The highest BCUT2D eigenvalue weighted by molar-refractivity contribution is 6.42. The Morgan fingerprint density at radius 2 is 1.67 bits per heavy atom. The first-order valence-electron chi connectivity index (χ1n) is 15.5. The molecule has 3 amide bonds. The summed E-state index contributed by atoms with van der Waals surface area (Å²) in [4.78, 5) is 55.9. The summed E-state index contributed by atoms with van der Waals surface area (Å²) in [5.41, 5.74) is 6.51. The molecule has 3 N–H and O–H groups in total. The van der Waals surface area contributed by atoms with Gasteiger partial charge >= 0.3 is 18.0 Å².